The van der Waals surface area contributed by atoms with Gasteiger partial charge in [0.25, 0.3) is 0 Å². The minimum Gasteiger partial charge on any atom is -0.350 e. The number of aryl methyl sites for hydroxylation is 1. The molecule has 2 aromatic carbocycles. The smallest absolute Gasteiger partial charge is 0.350 e. The Morgan fingerprint density at radius 3 is 2.34 bits per heavy atom. The largest absolute Gasteiger partial charge is 0.416 e. The van der Waals surface area contributed by atoms with E-state index < -0.39 is 33.7 Å². The first kappa shape index (κ1) is 22.7. The molecular weight excluding hydrogens is 405 g/mol. The van der Waals surface area contributed by atoms with E-state index in [-0.39, 0.29) is 18.5 Å². The van der Waals surface area contributed by atoms with E-state index in [1.165, 1.54) is 12.1 Å². The topological polar surface area (TPSA) is 66.5 Å². The molecule has 0 bridgehead atoms. The van der Waals surface area contributed by atoms with Gasteiger partial charge in [-0.15, -0.1) is 0 Å². The van der Waals surface area contributed by atoms with Gasteiger partial charge in [0.2, 0.25) is 15.9 Å². The van der Waals surface area contributed by atoms with Crippen molar-refractivity contribution in [3.8, 4) is 0 Å². The molecule has 158 valence electrons. The van der Waals surface area contributed by atoms with E-state index >= 15 is 0 Å². The van der Waals surface area contributed by atoms with Crippen molar-refractivity contribution < 1.29 is 26.4 Å². The van der Waals surface area contributed by atoms with Crippen LogP contribution in [0.25, 0.3) is 0 Å². The predicted octanol–water partition coefficient (Wildman–Crippen LogP) is 3.87. The molecule has 0 fully saturated rings. The maximum Gasteiger partial charge on any atom is 0.416 e. The Morgan fingerprint density at radius 2 is 1.79 bits per heavy atom. The number of carbonyl (C=O) groups is 1. The van der Waals surface area contributed by atoms with Gasteiger partial charge in [-0.05, 0) is 48.7 Å². The van der Waals surface area contributed by atoms with Crippen LogP contribution in [0.3, 0.4) is 0 Å². The van der Waals surface area contributed by atoms with Crippen LogP contribution in [0.2, 0.25) is 0 Å². The molecule has 1 N–H and O–H groups in total. The van der Waals surface area contributed by atoms with E-state index in [0.717, 1.165) is 28.3 Å². The van der Waals surface area contributed by atoms with Gasteiger partial charge in [0, 0.05) is 6.54 Å². The fourth-order valence-electron chi connectivity index (χ4n) is 2.99. The Kier molecular flexibility index (Phi) is 6.94. The van der Waals surface area contributed by atoms with Crippen molar-refractivity contribution in [3.63, 3.8) is 0 Å². The zero-order chi connectivity index (χ0) is 21.8. The molecule has 1 amide bonds. The molecule has 1 unspecified atom stereocenters. The highest BCUT2D eigenvalue weighted by Crippen LogP contribution is 2.29. The number of carbonyl (C=O) groups excluding carboxylic acids is 1. The number of anilines is 1. The van der Waals surface area contributed by atoms with Crippen LogP contribution in [-0.4, -0.2) is 26.6 Å². The third kappa shape index (κ3) is 5.96. The Labute approximate surface area is 168 Å². The number of nitrogens with zero attached hydrogens (tertiary/aromatic N) is 1. The molecule has 5 nitrogen and oxygen atoms in total. The molecule has 0 radical (unpaired) electrons. The molecule has 2 aromatic rings. The summed E-state index contributed by atoms with van der Waals surface area (Å²) in [4.78, 5) is 12.7. The Morgan fingerprint density at radius 1 is 1.14 bits per heavy atom. The number of hydrogen-bond acceptors (Lipinski definition) is 3. The highest BCUT2D eigenvalue weighted by atomic mass is 32.2. The second-order valence-corrected chi connectivity index (χ2v) is 8.60. The zero-order valence-corrected chi connectivity index (χ0v) is 17.1. The van der Waals surface area contributed by atoms with Crippen molar-refractivity contribution in [1.29, 1.82) is 0 Å². The summed E-state index contributed by atoms with van der Waals surface area (Å²) < 4.78 is 64.4. The number of nitrogens with one attached hydrogen (secondary N) is 1. The standard InChI is InChI=1S/C20H23F3N2O3S/c1-4-18(25(29(3,27)28)17-10-5-7-14(2)11-17)19(26)24-13-15-8-6-9-16(12-15)20(21,22)23/h5-12,18H,4,13H2,1-3H3,(H,24,26). The molecule has 1 atom stereocenters. The first-order valence-corrected chi connectivity index (χ1v) is 10.8. The summed E-state index contributed by atoms with van der Waals surface area (Å²) in [6, 6.07) is 10.3. The summed E-state index contributed by atoms with van der Waals surface area (Å²) in [6.45, 7) is 3.33. The first-order valence-electron chi connectivity index (χ1n) is 8.93. The number of sulfonamides is 1. The highest BCUT2D eigenvalue weighted by molar-refractivity contribution is 7.92. The molecular formula is C20H23F3N2O3S. The van der Waals surface area contributed by atoms with Crippen LogP contribution in [0, 0.1) is 6.92 Å². The molecule has 0 aliphatic heterocycles. The fraction of sp³-hybridized carbons (Fsp3) is 0.350. The summed E-state index contributed by atoms with van der Waals surface area (Å²) in [7, 11) is -3.78. The summed E-state index contributed by atoms with van der Waals surface area (Å²) >= 11 is 0. The predicted molar refractivity (Wildman–Crippen MR) is 106 cm³/mol. The van der Waals surface area contributed by atoms with Crippen molar-refractivity contribution in [3.05, 3.63) is 65.2 Å². The van der Waals surface area contributed by atoms with Crippen molar-refractivity contribution >= 4 is 21.6 Å². The maximum absolute atomic E-state index is 12.8. The molecule has 0 aliphatic carbocycles. The SMILES string of the molecule is CCC(C(=O)NCc1cccc(C(F)(F)F)c1)N(c1cccc(C)c1)S(C)(=O)=O. The van der Waals surface area contributed by atoms with Crippen LogP contribution >= 0.6 is 0 Å². The average Bonchev–Trinajstić information content (AvgIpc) is 2.62. The maximum atomic E-state index is 12.8. The van der Waals surface area contributed by atoms with Crippen molar-refractivity contribution in [1.82, 2.24) is 5.32 Å². The Balaban J connectivity index is 2.24. The van der Waals surface area contributed by atoms with Gasteiger partial charge in [-0.1, -0.05) is 31.2 Å². The van der Waals surface area contributed by atoms with E-state index in [4.69, 9.17) is 0 Å². The zero-order valence-electron chi connectivity index (χ0n) is 16.3. The van der Waals surface area contributed by atoms with Gasteiger partial charge in [0.15, 0.2) is 0 Å². The lowest BCUT2D eigenvalue weighted by molar-refractivity contribution is -0.137. The number of alkyl halides is 3. The van der Waals surface area contributed by atoms with Crippen molar-refractivity contribution in [2.75, 3.05) is 10.6 Å². The average molecular weight is 428 g/mol. The normalized spacial score (nSPS) is 13.0. The van der Waals surface area contributed by atoms with Crippen LogP contribution in [-0.2, 0) is 27.5 Å². The third-order valence-electron chi connectivity index (χ3n) is 4.31. The molecule has 0 aliphatic rings. The van der Waals surface area contributed by atoms with E-state index in [9.17, 15) is 26.4 Å². The monoisotopic (exact) mass is 428 g/mol. The van der Waals surface area contributed by atoms with E-state index in [2.05, 4.69) is 5.32 Å². The molecule has 0 saturated heterocycles. The van der Waals surface area contributed by atoms with Gasteiger partial charge in [0.1, 0.15) is 6.04 Å². The highest BCUT2D eigenvalue weighted by Gasteiger charge is 2.32. The number of halogens is 3. The van der Waals surface area contributed by atoms with E-state index in [1.54, 1.807) is 38.1 Å². The first-order chi connectivity index (χ1) is 13.4. The number of amides is 1. The molecule has 0 aromatic heterocycles. The van der Waals surface area contributed by atoms with Gasteiger partial charge in [-0.25, -0.2) is 8.42 Å². The van der Waals surface area contributed by atoms with Gasteiger partial charge in [0.05, 0.1) is 17.5 Å². The fourth-order valence-corrected chi connectivity index (χ4v) is 4.19. The molecule has 2 rings (SSSR count). The summed E-state index contributed by atoms with van der Waals surface area (Å²) in [5.41, 5.74) is 0.641. The molecule has 0 saturated carbocycles. The van der Waals surface area contributed by atoms with Crippen LogP contribution < -0.4 is 9.62 Å². The lowest BCUT2D eigenvalue weighted by atomic mass is 10.1. The van der Waals surface area contributed by atoms with Crippen LogP contribution in [0.15, 0.2) is 48.5 Å². The second-order valence-electron chi connectivity index (χ2n) is 6.74. The van der Waals surface area contributed by atoms with Crippen LogP contribution in [0.4, 0.5) is 18.9 Å². The number of benzene rings is 2. The number of hydrogen-bond donors (Lipinski definition) is 1. The molecule has 0 spiro atoms. The summed E-state index contributed by atoms with van der Waals surface area (Å²) in [5, 5.41) is 2.55. The minimum absolute atomic E-state index is 0.148. The summed E-state index contributed by atoms with van der Waals surface area (Å²) in [6.07, 6.45) is -3.28. The Bertz CT molecular complexity index is 975. The van der Waals surface area contributed by atoms with Gasteiger partial charge in [-0.2, -0.15) is 13.2 Å². The molecule has 0 heterocycles. The van der Waals surface area contributed by atoms with E-state index in [1.807, 2.05) is 0 Å². The van der Waals surface area contributed by atoms with Crippen molar-refractivity contribution in [2.24, 2.45) is 0 Å². The Hall–Kier alpha value is -2.55. The lowest BCUT2D eigenvalue weighted by Gasteiger charge is -2.30. The second kappa shape index (κ2) is 8.86. The minimum atomic E-state index is -4.48. The van der Waals surface area contributed by atoms with E-state index in [0.29, 0.717) is 5.69 Å². The van der Waals surface area contributed by atoms with Crippen LogP contribution in [0.1, 0.15) is 30.0 Å². The number of rotatable bonds is 7. The van der Waals surface area contributed by atoms with Crippen molar-refractivity contribution in [2.45, 2.75) is 39.0 Å². The third-order valence-corrected chi connectivity index (χ3v) is 5.49. The quantitative estimate of drug-likeness (QED) is 0.728. The molecule has 29 heavy (non-hydrogen) atoms. The summed E-state index contributed by atoms with van der Waals surface area (Å²) in [5.74, 6) is -0.586. The van der Waals surface area contributed by atoms with Crippen LogP contribution in [0.5, 0.6) is 0 Å². The van der Waals surface area contributed by atoms with Gasteiger partial charge < -0.3 is 5.32 Å². The van der Waals surface area contributed by atoms with Gasteiger partial charge in [-0.3, -0.25) is 9.10 Å². The van der Waals surface area contributed by atoms with Gasteiger partial charge >= 0.3 is 6.18 Å². The molecule has 9 heteroatoms. The lowest BCUT2D eigenvalue weighted by Crippen LogP contribution is -2.49.